The Morgan fingerprint density at radius 3 is 2.47 bits per heavy atom. The number of nitrogens with one attached hydrogen (secondary N) is 1. The van der Waals surface area contributed by atoms with Gasteiger partial charge in [-0.3, -0.25) is 10.1 Å². The molecule has 0 atom stereocenters. The SMILES string of the molecule is COc1ccc(-c2nnc(NC(=O)CCCS(=O)(=O)c3ccccc3)o2)cc1OC. The van der Waals surface area contributed by atoms with Crippen molar-refractivity contribution < 1.29 is 27.1 Å². The van der Waals surface area contributed by atoms with Crippen LogP contribution in [0.4, 0.5) is 6.01 Å². The molecular formula is C20H21N3O6S. The molecule has 0 unspecified atom stereocenters. The number of carbonyl (C=O) groups is 1. The number of nitrogens with zero attached hydrogens (tertiary/aromatic N) is 2. The van der Waals surface area contributed by atoms with Gasteiger partial charge in [-0.1, -0.05) is 23.3 Å². The number of aromatic nitrogens is 2. The molecule has 0 aliphatic heterocycles. The summed E-state index contributed by atoms with van der Waals surface area (Å²) in [4.78, 5) is 12.3. The lowest BCUT2D eigenvalue weighted by atomic mass is 10.2. The van der Waals surface area contributed by atoms with Crippen LogP contribution in [0, 0.1) is 0 Å². The fourth-order valence-corrected chi connectivity index (χ4v) is 4.04. The molecule has 158 valence electrons. The molecule has 1 N–H and O–H groups in total. The summed E-state index contributed by atoms with van der Waals surface area (Å²) in [6, 6.07) is 13.1. The Morgan fingerprint density at radius 1 is 1.03 bits per heavy atom. The number of rotatable bonds is 9. The van der Waals surface area contributed by atoms with E-state index in [-0.39, 0.29) is 35.4 Å². The van der Waals surface area contributed by atoms with E-state index in [1.807, 2.05) is 0 Å². The predicted octanol–water partition coefficient (Wildman–Crippen LogP) is 2.95. The van der Waals surface area contributed by atoms with E-state index in [1.165, 1.54) is 26.4 Å². The zero-order valence-corrected chi connectivity index (χ0v) is 17.3. The summed E-state index contributed by atoms with van der Waals surface area (Å²) in [5.41, 5.74) is 0.592. The van der Waals surface area contributed by atoms with E-state index in [9.17, 15) is 13.2 Å². The minimum atomic E-state index is -3.43. The quantitative estimate of drug-likeness (QED) is 0.549. The number of sulfone groups is 1. The molecule has 0 aliphatic rings. The molecule has 3 rings (SSSR count). The van der Waals surface area contributed by atoms with Crippen LogP contribution in [-0.4, -0.2) is 44.5 Å². The highest BCUT2D eigenvalue weighted by Crippen LogP contribution is 2.32. The average molecular weight is 431 g/mol. The first kappa shape index (κ1) is 21.3. The second-order valence-corrected chi connectivity index (χ2v) is 8.37. The van der Waals surface area contributed by atoms with Crippen LogP contribution >= 0.6 is 0 Å². The highest BCUT2D eigenvalue weighted by molar-refractivity contribution is 7.91. The fourth-order valence-electron chi connectivity index (χ4n) is 2.71. The predicted molar refractivity (Wildman–Crippen MR) is 109 cm³/mol. The minimum Gasteiger partial charge on any atom is -0.493 e. The maximum Gasteiger partial charge on any atom is 0.322 e. The van der Waals surface area contributed by atoms with Crippen LogP contribution in [0.25, 0.3) is 11.5 Å². The summed E-state index contributed by atoms with van der Waals surface area (Å²) in [6.45, 7) is 0. The van der Waals surface area contributed by atoms with E-state index in [4.69, 9.17) is 13.9 Å². The Bertz CT molecular complexity index is 1110. The number of carbonyl (C=O) groups excluding carboxylic acids is 1. The molecule has 9 nitrogen and oxygen atoms in total. The Kier molecular flexibility index (Phi) is 6.68. The third-order valence-electron chi connectivity index (χ3n) is 4.22. The van der Waals surface area contributed by atoms with Crippen molar-refractivity contribution in [3.8, 4) is 23.0 Å². The normalized spacial score (nSPS) is 11.1. The molecule has 2 aromatic carbocycles. The Labute approximate surface area is 174 Å². The van der Waals surface area contributed by atoms with Crippen molar-refractivity contribution in [2.24, 2.45) is 0 Å². The van der Waals surface area contributed by atoms with Gasteiger partial charge in [0.05, 0.1) is 24.9 Å². The largest absolute Gasteiger partial charge is 0.493 e. The van der Waals surface area contributed by atoms with Crippen LogP contribution in [0.1, 0.15) is 12.8 Å². The van der Waals surface area contributed by atoms with Crippen molar-refractivity contribution in [3.63, 3.8) is 0 Å². The highest BCUT2D eigenvalue weighted by Gasteiger charge is 2.16. The van der Waals surface area contributed by atoms with Crippen molar-refractivity contribution in [1.82, 2.24) is 10.2 Å². The van der Waals surface area contributed by atoms with E-state index < -0.39 is 15.7 Å². The van der Waals surface area contributed by atoms with E-state index >= 15 is 0 Å². The van der Waals surface area contributed by atoms with E-state index in [0.29, 0.717) is 17.1 Å². The van der Waals surface area contributed by atoms with Gasteiger partial charge in [-0.05, 0) is 36.8 Å². The molecule has 0 bridgehead atoms. The summed E-state index contributed by atoms with van der Waals surface area (Å²) in [7, 11) is -0.383. The Morgan fingerprint density at radius 2 is 1.77 bits per heavy atom. The summed E-state index contributed by atoms with van der Waals surface area (Å²) in [5.74, 6) is 0.697. The molecule has 0 spiro atoms. The zero-order valence-electron chi connectivity index (χ0n) is 16.5. The van der Waals surface area contributed by atoms with Crippen LogP contribution in [-0.2, 0) is 14.6 Å². The molecule has 0 fully saturated rings. The molecule has 3 aromatic rings. The van der Waals surface area contributed by atoms with E-state index in [2.05, 4.69) is 15.5 Å². The lowest BCUT2D eigenvalue weighted by Gasteiger charge is -2.07. The third kappa shape index (κ3) is 5.15. The molecule has 1 amide bonds. The minimum absolute atomic E-state index is 0.000135. The van der Waals surface area contributed by atoms with Crippen LogP contribution in [0.3, 0.4) is 0 Å². The highest BCUT2D eigenvalue weighted by atomic mass is 32.2. The van der Waals surface area contributed by atoms with Crippen molar-refractivity contribution >= 4 is 21.8 Å². The average Bonchev–Trinajstić information content (AvgIpc) is 3.22. The first-order valence-electron chi connectivity index (χ1n) is 9.06. The first-order chi connectivity index (χ1) is 14.4. The Balaban J connectivity index is 1.56. The topological polar surface area (TPSA) is 121 Å². The Hall–Kier alpha value is -3.40. The number of methoxy groups -OCH3 is 2. The van der Waals surface area contributed by atoms with Crippen LogP contribution in [0.5, 0.6) is 11.5 Å². The van der Waals surface area contributed by atoms with Gasteiger partial charge in [-0.25, -0.2) is 8.42 Å². The number of ether oxygens (including phenoxy) is 2. The smallest absolute Gasteiger partial charge is 0.322 e. The van der Waals surface area contributed by atoms with Gasteiger partial charge in [0, 0.05) is 12.0 Å². The number of amides is 1. The van der Waals surface area contributed by atoms with Gasteiger partial charge in [0.2, 0.25) is 11.8 Å². The van der Waals surface area contributed by atoms with Crippen LogP contribution < -0.4 is 14.8 Å². The summed E-state index contributed by atoms with van der Waals surface area (Å²) < 4.78 is 40.4. The van der Waals surface area contributed by atoms with E-state index in [0.717, 1.165) is 0 Å². The summed E-state index contributed by atoms with van der Waals surface area (Å²) in [5, 5.41) is 10.2. The van der Waals surface area contributed by atoms with Gasteiger partial charge in [-0.15, -0.1) is 5.10 Å². The maximum absolute atomic E-state index is 12.2. The van der Waals surface area contributed by atoms with Gasteiger partial charge in [-0.2, -0.15) is 0 Å². The maximum atomic E-state index is 12.2. The standard InChI is InChI=1S/C20H21N3O6S/c1-27-16-11-10-14(13-17(16)28-2)19-22-23-20(29-19)21-18(24)9-6-12-30(25,26)15-7-4-3-5-8-15/h3-5,7-8,10-11,13H,6,9,12H2,1-2H3,(H,21,23,24). The van der Waals surface area contributed by atoms with Crippen molar-refractivity contribution in [2.45, 2.75) is 17.7 Å². The van der Waals surface area contributed by atoms with Gasteiger partial charge in [0.15, 0.2) is 21.3 Å². The number of benzene rings is 2. The van der Waals surface area contributed by atoms with Gasteiger partial charge in [0.25, 0.3) is 0 Å². The second-order valence-electron chi connectivity index (χ2n) is 6.27. The first-order valence-corrected chi connectivity index (χ1v) is 10.7. The van der Waals surface area contributed by atoms with Crippen LogP contribution in [0.2, 0.25) is 0 Å². The second kappa shape index (κ2) is 9.40. The number of hydrogen-bond donors (Lipinski definition) is 1. The van der Waals surface area contributed by atoms with E-state index in [1.54, 1.807) is 36.4 Å². The molecule has 1 aromatic heterocycles. The lowest BCUT2D eigenvalue weighted by molar-refractivity contribution is -0.116. The fraction of sp³-hybridized carbons (Fsp3) is 0.250. The molecule has 1 heterocycles. The summed E-state index contributed by atoms with van der Waals surface area (Å²) >= 11 is 0. The molecule has 0 saturated carbocycles. The number of anilines is 1. The molecule has 0 aliphatic carbocycles. The summed E-state index contributed by atoms with van der Waals surface area (Å²) in [6.07, 6.45) is 0.167. The van der Waals surface area contributed by atoms with Crippen molar-refractivity contribution in [2.75, 3.05) is 25.3 Å². The molecule has 30 heavy (non-hydrogen) atoms. The molecular weight excluding hydrogens is 410 g/mol. The number of hydrogen-bond acceptors (Lipinski definition) is 8. The molecule has 10 heteroatoms. The molecule has 0 saturated heterocycles. The van der Waals surface area contributed by atoms with Crippen molar-refractivity contribution in [3.05, 3.63) is 48.5 Å². The van der Waals surface area contributed by atoms with Gasteiger partial charge in [0.1, 0.15) is 0 Å². The molecule has 0 radical (unpaired) electrons. The monoisotopic (exact) mass is 431 g/mol. The third-order valence-corrected chi connectivity index (χ3v) is 6.04. The van der Waals surface area contributed by atoms with Crippen LogP contribution in [0.15, 0.2) is 57.8 Å². The zero-order chi connectivity index (χ0) is 21.6. The van der Waals surface area contributed by atoms with Gasteiger partial charge < -0.3 is 13.9 Å². The lowest BCUT2D eigenvalue weighted by Crippen LogP contribution is -2.14. The van der Waals surface area contributed by atoms with Gasteiger partial charge >= 0.3 is 6.01 Å². The van der Waals surface area contributed by atoms with Crippen molar-refractivity contribution in [1.29, 1.82) is 0 Å².